The van der Waals surface area contributed by atoms with Crippen LogP contribution in [0.1, 0.15) is 31.2 Å². The van der Waals surface area contributed by atoms with E-state index in [9.17, 15) is 5.11 Å². The molecule has 7 nitrogen and oxygen atoms in total. The summed E-state index contributed by atoms with van der Waals surface area (Å²) in [6.45, 7) is 2.47. The van der Waals surface area contributed by atoms with Crippen LogP contribution in [0.25, 0.3) is 0 Å². The standard InChI is InChI=1S/C19H25BrN6O/c20-16-12-23-19-18(22-11-14-4-3-7-21-10-14)24-17(13-26(16)19)25-8-2-1-5-15(25)6-9-27/h3-4,7,10,13,15-16,27H,1-2,5-6,8-9,11-12H2,(H,22,24). The molecule has 27 heavy (non-hydrogen) atoms. The molecule has 1 fully saturated rings. The quantitative estimate of drug-likeness (QED) is 0.549. The van der Waals surface area contributed by atoms with Crippen LogP contribution in [-0.4, -0.2) is 62.3 Å². The summed E-state index contributed by atoms with van der Waals surface area (Å²) in [6, 6.07) is 4.31. The Hall–Kier alpha value is -1.93. The van der Waals surface area contributed by atoms with E-state index < -0.39 is 0 Å². The fourth-order valence-electron chi connectivity index (χ4n) is 3.83. The maximum absolute atomic E-state index is 9.46. The number of alkyl halides is 1. The molecule has 0 aromatic carbocycles. The molecule has 0 amide bonds. The third-order valence-corrected chi connectivity index (χ3v) is 5.93. The van der Waals surface area contributed by atoms with Crippen LogP contribution in [-0.2, 0) is 6.54 Å². The van der Waals surface area contributed by atoms with Crippen LogP contribution in [0.2, 0.25) is 0 Å². The predicted molar refractivity (Wildman–Crippen MR) is 109 cm³/mol. The van der Waals surface area contributed by atoms with Crippen LogP contribution in [0.3, 0.4) is 0 Å². The first-order chi connectivity index (χ1) is 13.3. The molecule has 0 bridgehead atoms. The summed E-state index contributed by atoms with van der Waals surface area (Å²) in [6.07, 6.45) is 10.0. The number of nitrogens with one attached hydrogen (secondary N) is 1. The van der Waals surface area contributed by atoms with Crippen LogP contribution >= 0.6 is 15.9 Å². The highest BCUT2D eigenvalue weighted by Crippen LogP contribution is 2.27. The molecule has 1 saturated heterocycles. The van der Waals surface area contributed by atoms with E-state index in [0.29, 0.717) is 19.1 Å². The second-order valence-corrected chi connectivity index (χ2v) is 8.08. The highest BCUT2D eigenvalue weighted by molar-refractivity contribution is 9.09. The molecule has 0 spiro atoms. The van der Waals surface area contributed by atoms with E-state index >= 15 is 0 Å². The predicted octanol–water partition coefficient (Wildman–Crippen LogP) is 2.05. The van der Waals surface area contributed by atoms with Crippen molar-refractivity contribution in [3.8, 4) is 0 Å². The van der Waals surface area contributed by atoms with E-state index in [4.69, 9.17) is 4.99 Å². The number of hydrogen-bond donors (Lipinski definition) is 2. The zero-order chi connectivity index (χ0) is 18.6. The minimum atomic E-state index is 0.147. The van der Waals surface area contributed by atoms with Gasteiger partial charge in [-0.25, -0.2) is 0 Å². The molecule has 8 heteroatoms. The van der Waals surface area contributed by atoms with Gasteiger partial charge in [-0.15, -0.1) is 0 Å². The lowest BCUT2D eigenvalue weighted by molar-refractivity contribution is 0.146. The van der Waals surface area contributed by atoms with Crippen molar-refractivity contribution < 1.29 is 5.11 Å². The molecule has 2 atom stereocenters. The Balaban J connectivity index is 1.59. The van der Waals surface area contributed by atoms with Crippen LogP contribution in [0.15, 0.2) is 46.5 Å². The molecule has 2 N–H and O–H groups in total. The minimum absolute atomic E-state index is 0.147. The van der Waals surface area contributed by atoms with Crippen LogP contribution in [0.5, 0.6) is 0 Å². The number of aliphatic hydroxyl groups is 1. The van der Waals surface area contributed by atoms with Crippen molar-refractivity contribution in [3.05, 3.63) is 42.1 Å². The van der Waals surface area contributed by atoms with Crippen molar-refractivity contribution in [2.75, 3.05) is 19.7 Å². The van der Waals surface area contributed by atoms with Gasteiger partial charge in [0.1, 0.15) is 10.8 Å². The number of aliphatic imine (C=N–C) groups is 2. The van der Waals surface area contributed by atoms with Gasteiger partial charge in [0.2, 0.25) is 0 Å². The average molecular weight is 433 g/mol. The fourth-order valence-corrected chi connectivity index (χ4v) is 4.29. The maximum Gasteiger partial charge on any atom is 0.172 e. The zero-order valence-corrected chi connectivity index (χ0v) is 16.8. The van der Waals surface area contributed by atoms with E-state index in [0.717, 1.165) is 42.4 Å². The summed E-state index contributed by atoms with van der Waals surface area (Å²) in [5.41, 5.74) is 1.07. The molecule has 0 aliphatic carbocycles. The molecule has 3 aliphatic rings. The number of piperidine rings is 1. The molecule has 3 aliphatic heterocycles. The van der Waals surface area contributed by atoms with Gasteiger partial charge >= 0.3 is 0 Å². The van der Waals surface area contributed by atoms with Gasteiger partial charge in [-0.1, -0.05) is 22.0 Å². The molecular formula is C19H25BrN6O. The molecule has 4 rings (SSSR count). The number of pyridine rings is 1. The summed E-state index contributed by atoms with van der Waals surface area (Å²) in [7, 11) is 0. The Morgan fingerprint density at radius 2 is 2.30 bits per heavy atom. The third-order valence-electron chi connectivity index (χ3n) is 5.20. The largest absolute Gasteiger partial charge is 0.396 e. The van der Waals surface area contributed by atoms with Gasteiger partial charge in [-0.3, -0.25) is 15.0 Å². The van der Waals surface area contributed by atoms with Crippen molar-refractivity contribution in [3.63, 3.8) is 0 Å². The first-order valence-electron chi connectivity index (χ1n) is 9.53. The van der Waals surface area contributed by atoms with Crippen molar-refractivity contribution in [1.82, 2.24) is 20.1 Å². The summed E-state index contributed by atoms with van der Waals surface area (Å²) in [5.74, 6) is 2.72. The number of fused-ring (bicyclic) bond motifs is 1. The SMILES string of the molecule is OCCC1CCCCN1C1=CN2C(=NCC2Br)C(=NCc2cccnc2)N1. The number of rotatable bonds is 5. The Bertz CT molecular complexity index is 748. The van der Waals surface area contributed by atoms with Crippen molar-refractivity contribution in [2.45, 2.75) is 43.2 Å². The Morgan fingerprint density at radius 1 is 1.37 bits per heavy atom. The first kappa shape index (κ1) is 18.4. The van der Waals surface area contributed by atoms with Gasteiger partial charge in [-0.2, -0.15) is 0 Å². The van der Waals surface area contributed by atoms with Crippen LogP contribution in [0, 0.1) is 0 Å². The van der Waals surface area contributed by atoms with Gasteiger partial charge in [0.15, 0.2) is 11.7 Å². The monoisotopic (exact) mass is 432 g/mol. The van der Waals surface area contributed by atoms with E-state index in [2.05, 4.69) is 47.2 Å². The summed E-state index contributed by atoms with van der Waals surface area (Å²) in [5, 5.41) is 13.0. The number of amidine groups is 2. The molecule has 4 heterocycles. The number of aliphatic hydroxyl groups excluding tert-OH is 1. The molecule has 144 valence electrons. The lowest BCUT2D eigenvalue weighted by atomic mass is 9.99. The van der Waals surface area contributed by atoms with E-state index in [1.807, 2.05) is 18.3 Å². The van der Waals surface area contributed by atoms with Gasteiger partial charge in [0.05, 0.1) is 13.1 Å². The van der Waals surface area contributed by atoms with E-state index in [1.165, 1.54) is 12.8 Å². The van der Waals surface area contributed by atoms with Crippen molar-refractivity contribution >= 4 is 27.6 Å². The smallest absolute Gasteiger partial charge is 0.172 e. The molecular weight excluding hydrogens is 408 g/mol. The number of halogens is 1. The lowest BCUT2D eigenvalue weighted by Crippen LogP contribution is -2.52. The first-order valence-corrected chi connectivity index (χ1v) is 10.4. The highest BCUT2D eigenvalue weighted by atomic mass is 79.9. The summed E-state index contributed by atoms with van der Waals surface area (Å²) >= 11 is 3.72. The zero-order valence-electron chi connectivity index (χ0n) is 15.3. The molecule has 0 saturated carbocycles. The van der Waals surface area contributed by atoms with E-state index in [1.54, 1.807) is 6.20 Å². The van der Waals surface area contributed by atoms with E-state index in [-0.39, 0.29) is 11.6 Å². The molecule has 2 unspecified atom stereocenters. The second kappa shape index (κ2) is 8.39. The second-order valence-electron chi connectivity index (χ2n) is 7.03. The number of aromatic nitrogens is 1. The Labute approximate surface area is 168 Å². The lowest BCUT2D eigenvalue weighted by Gasteiger charge is -2.41. The number of nitrogens with zero attached hydrogens (tertiary/aromatic N) is 5. The topological polar surface area (TPSA) is 76.3 Å². The normalized spacial score (nSPS) is 26.5. The maximum atomic E-state index is 9.46. The minimum Gasteiger partial charge on any atom is -0.396 e. The summed E-state index contributed by atoms with van der Waals surface area (Å²) in [4.78, 5) is 18.3. The third kappa shape index (κ3) is 4.01. The van der Waals surface area contributed by atoms with Gasteiger partial charge in [0, 0.05) is 37.8 Å². The summed E-state index contributed by atoms with van der Waals surface area (Å²) < 4.78 is 0. The van der Waals surface area contributed by atoms with Crippen LogP contribution in [0.4, 0.5) is 0 Å². The average Bonchev–Trinajstić information content (AvgIpc) is 3.09. The Kier molecular flexibility index (Phi) is 5.73. The molecule has 0 radical (unpaired) electrons. The van der Waals surface area contributed by atoms with Crippen molar-refractivity contribution in [1.29, 1.82) is 0 Å². The highest BCUT2D eigenvalue weighted by Gasteiger charge is 2.35. The fraction of sp³-hybridized carbons (Fsp3) is 0.526. The van der Waals surface area contributed by atoms with Gasteiger partial charge in [-0.05, 0) is 37.3 Å². The molecule has 1 aromatic rings. The van der Waals surface area contributed by atoms with Gasteiger partial charge < -0.3 is 20.2 Å². The number of hydrogen-bond acceptors (Lipinski definition) is 6. The van der Waals surface area contributed by atoms with Crippen molar-refractivity contribution in [2.24, 2.45) is 9.98 Å². The number of likely N-dealkylation sites (tertiary alicyclic amines) is 1. The van der Waals surface area contributed by atoms with Crippen LogP contribution < -0.4 is 5.32 Å². The Morgan fingerprint density at radius 3 is 3.11 bits per heavy atom. The van der Waals surface area contributed by atoms with Gasteiger partial charge in [0.25, 0.3) is 0 Å². The molecule has 1 aromatic heterocycles.